The van der Waals surface area contributed by atoms with Crippen molar-refractivity contribution in [3.63, 3.8) is 0 Å². The van der Waals surface area contributed by atoms with Crippen LogP contribution in [0.4, 0.5) is 0 Å². The van der Waals surface area contributed by atoms with Crippen LogP contribution in [0.2, 0.25) is 0 Å². The summed E-state index contributed by atoms with van der Waals surface area (Å²) < 4.78 is 0. The average Bonchev–Trinajstić information content (AvgIpc) is 2.53. The molecule has 0 saturated heterocycles. The number of carbonyl (C=O) groups excluding carboxylic acids is 1. The third kappa shape index (κ3) is 3.23. The SMILES string of the molecule is CCC(=C(C(=O)O)C(=O)c1ccccc1)c1ccc(O)cc1. The van der Waals surface area contributed by atoms with Crippen LogP contribution in [0.5, 0.6) is 5.75 Å². The number of carboxylic acids is 1. The lowest BCUT2D eigenvalue weighted by atomic mass is 9.92. The van der Waals surface area contributed by atoms with Gasteiger partial charge < -0.3 is 10.2 Å². The lowest BCUT2D eigenvalue weighted by Gasteiger charge is -2.11. The molecule has 0 atom stereocenters. The second-order valence-corrected chi connectivity index (χ2v) is 4.75. The molecule has 0 aliphatic rings. The van der Waals surface area contributed by atoms with Gasteiger partial charge in [-0.1, -0.05) is 49.4 Å². The molecule has 2 aromatic rings. The Bertz CT molecular complexity index is 713. The lowest BCUT2D eigenvalue weighted by Crippen LogP contribution is -2.15. The van der Waals surface area contributed by atoms with Gasteiger partial charge in [-0.2, -0.15) is 0 Å². The predicted molar refractivity (Wildman–Crippen MR) is 83.7 cm³/mol. The topological polar surface area (TPSA) is 74.6 Å². The zero-order valence-electron chi connectivity index (χ0n) is 12.1. The van der Waals surface area contributed by atoms with E-state index in [1.54, 1.807) is 49.4 Å². The van der Waals surface area contributed by atoms with Crippen LogP contribution in [0, 0.1) is 0 Å². The average molecular weight is 296 g/mol. The first-order chi connectivity index (χ1) is 10.5. The number of carbonyl (C=O) groups is 2. The van der Waals surface area contributed by atoms with Crippen molar-refractivity contribution in [3.05, 3.63) is 71.3 Å². The summed E-state index contributed by atoms with van der Waals surface area (Å²) in [4.78, 5) is 24.2. The molecule has 0 spiro atoms. The molecule has 0 heterocycles. The Morgan fingerprint density at radius 3 is 2.00 bits per heavy atom. The quantitative estimate of drug-likeness (QED) is 0.383. The molecule has 0 amide bonds. The summed E-state index contributed by atoms with van der Waals surface area (Å²) in [5, 5.41) is 18.8. The molecule has 0 aliphatic carbocycles. The maximum atomic E-state index is 12.5. The Morgan fingerprint density at radius 2 is 1.50 bits per heavy atom. The number of aromatic hydroxyl groups is 1. The van der Waals surface area contributed by atoms with Crippen LogP contribution in [0.15, 0.2) is 60.2 Å². The summed E-state index contributed by atoms with van der Waals surface area (Å²) in [5.41, 5.74) is 1.16. The molecule has 2 rings (SSSR count). The van der Waals surface area contributed by atoms with Gasteiger partial charge in [-0.15, -0.1) is 0 Å². The van der Waals surface area contributed by atoms with Crippen LogP contribution in [0.25, 0.3) is 5.57 Å². The van der Waals surface area contributed by atoms with E-state index in [4.69, 9.17) is 0 Å². The molecular weight excluding hydrogens is 280 g/mol. The highest BCUT2D eigenvalue weighted by molar-refractivity contribution is 6.28. The number of carboxylic acid groups (broad SMARTS) is 1. The van der Waals surface area contributed by atoms with Crippen molar-refractivity contribution in [2.75, 3.05) is 0 Å². The van der Waals surface area contributed by atoms with E-state index in [1.165, 1.54) is 12.1 Å². The van der Waals surface area contributed by atoms with Gasteiger partial charge in [0.15, 0.2) is 0 Å². The third-order valence-corrected chi connectivity index (χ3v) is 3.35. The molecule has 0 fully saturated rings. The Hall–Kier alpha value is -2.88. The van der Waals surface area contributed by atoms with E-state index in [0.717, 1.165) is 0 Å². The van der Waals surface area contributed by atoms with E-state index < -0.39 is 11.8 Å². The maximum Gasteiger partial charge on any atom is 0.340 e. The minimum Gasteiger partial charge on any atom is -0.508 e. The standard InChI is InChI=1S/C18H16O4/c1-2-15(12-8-10-14(19)11-9-12)16(18(21)22)17(20)13-6-4-3-5-7-13/h3-11,19H,2H2,1H3,(H,21,22). The summed E-state index contributed by atoms with van der Waals surface area (Å²) >= 11 is 0. The van der Waals surface area contributed by atoms with E-state index in [-0.39, 0.29) is 11.3 Å². The van der Waals surface area contributed by atoms with Crippen LogP contribution in [-0.2, 0) is 4.79 Å². The Kier molecular flexibility index (Phi) is 4.73. The number of phenols is 1. The van der Waals surface area contributed by atoms with E-state index >= 15 is 0 Å². The zero-order chi connectivity index (χ0) is 16.1. The summed E-state index contributed by atoms with van der Waals surface area (Å²) in [6.45, 7) is 1.80. The molecule has 0 aliphatic heterocycles. The van der Waals surface area contributed by atoms with Gasteiger partial charge in [-0.3, -0.25) is 4.79 Å². The Labute approximate surface area is 128 Å². The largest absolute Gasteiger partial charge is 0.508 e. The molecule has 0 bridgehead atoms. The number of aliphatic carboxylic acids is 1. The molecular formula is C18H16O4. The van der Waals surface area contributed by atoms with Crippen molar-refractivity contribution in [2.24, 2.45) is 0 Å². The molecule has 0 aromatic heterocycles. The maximum absolute atomic E-state index is 12.5. The van der Waals surface area contributed by atoms with Crippen LogP contribution < -0.4 is 0 Å². The van der Waals surface area contributed by atoms with Crippen LogP contribution in [0.3, 0.4) is 0 Å². The molecule has 4 nitrogen and oxygen atoms in total. The minimum absolute atomic E-state index is 0.0884. The third-order valence-electron chi connectivity index (χ3n) is 3.35. The van der Waals surface area contributed by atoms with Gasteiger partial charge in [0.25, 0.3) is 0 Å². The van der Waals surface area contributed by atoms with Crippen molar-refractivity contribution in [3.8, 4) is 5.75 Å². The number of allylic oxidation sites excluding steroid dienone is 1. The highest BCUT2D eigenvalue weighted by Gasteiger charge is 2.23. The van der Waals surface area contributed by atoms with Crippen molar-refractivity contribution in [1.82, 2.24) is 0 Å². The van der Waals surface area contributed by atoms with Crippen molar-refractivity contribution in [2.45, 2.75) is 13.3 Å². The Balaban J connectivity index is 2.58. The number of rotatable bonds is 5. The van der Waals surface area contributed by atoms with Gasteiger partial charge in [0.1, 0.15) is 11.3 Å². The fourth-order valence-electron chi connectivity index (χ4n) is 2.28. The first-order valence-electron chi connectivity index (χ1n) is 6.90. The predicted octanol–water partition coefficient (Wildman–Crippen LogP) is 3.52. The molecule has 2 N–H and O–H groups in total. The smallest absolute Gasteiger partial charge is 0.340 e. The van der Waals surface area contributed by atoms with Gasteiger partial charge >= 0.3 is 5.97 Å². The van der Waals surface area contributed by atoms with E-state index in [9.17, 15) is 19.8 Å². The summed E-state index contributed by atoms with van der Waals surface area (Å²) in [6, 6.07) is 14.5. The zero-order valence-corrected chi connectivity index (χ0v) is 12.1. The Morgan fingerprint density at radius 1 is 0.909 bits per heavy atom. The molecule has 2 aromatic carbocycles. The molecule has 0 saturated carbocycles. The van der Waals surface area contributed by atoms with Gasteiger partial charge in [0, 0.05) is 5.56 Å². The second kappa shape index (κ2) is 6.72. The van der Waals surface area contributed by atoms with Crippen molar-refractivity contribution >= 4 is 17.3 Å². The number of Topliss-reactive ketones (excluding diaryl/α,β-unsaturated/α-hetero) is 1. The summed E-state index contributed by atoms with van der Waals surface area (Å²) in [7, 11) is 0. The van der Waals surface area contributed by atoms with Crippen LogP contribution in [-0.4, -0.2) is 22.0 Å². The number of ketones is 1. The fraction of sp³-hybridized carbons (Fsp3) is 0.111. The van der Waals surface area contributed by atoms with Crippen LogP contribution in [0.1, 0.15) is 29.3 Å². The van der Waals surface area contributed by atoms with Crippen molar-refractivity contribution in [1.29, 1.82) is 0 Å². The highest BCUT2D eigenvalue weighted by atomic mass is 16.4. The highest BCUT2D eigenvalue weighted by Crippen LogP contribution is 2.26. The number of hydrogen-bond donors (Lipinski definition) is 2. The summed E-state index contributed by atoms with van der Waals surface area (Å²) in [5.74, 6) is -1.68. The number of benzene rings is 2. The van der Waals surface area contributed by atoms with E-state index in [1.807, 2.05) is 0 Å². The van der Waals surface area contributed by atoms with Crippen molar-refractivity contribution < 1.29 is 19.8 Å². The number of hydrogen-bond acceptors (Lipinski definition) is 3. The first-order valence-corrected chi connectivity index (χ1v) is 6.90. The van der Waals surface area contributed by atoms with E-state index in [2.05, 4.69) is 0 Å². The molecule has 4 heteroatoms. The van der Waals surface area contributed by atoms with Crippen LogP contribution >= 0.6 is 0 Å². The minimum atomic E-state index is -1.25. The fourth-order valence-corrected chi connectivity index (χ4v) is 2.28. The normalized spacial score (nSPS) is 11.7. The number of phenolic OH excluding ortho intramolecular Hbond substituents is 1. The monoisotopic (exact) mass is 296 g/mol. The molecule has 112 valence electrons. The molecule has 22 heavy (non-hydrogen) atoms. The molecule has 0 unspecified atom stereocenters. The lowest BCUT2D eigenvalue weighted by molar-refractivity contribution is -0.132. The van der Waals surface area contributed by atoms with Gasteiger partial charge in [-0.25, -0.2) is 4.79 Å². The van der Waals surface area contributed by atoms with Gasteiger partial charge in [0.2, 0.25) is 5.78 Å². The summed E-state index contributed by atoms with van der Waals surface area (Å²) in [6.07, 6.45) is 0.394. The van der Waals surface area contributed by atoms with Gasteiger partial charge in [-0.05, 0) is 29.7 Å². The van der Waals surface area contributed by atoms with E-state index in [0.29, 0.717) is 23.1 Å². The molecule has 0 radical (unpaired) electrons. The first kappa shape index (κ1) is 15.5. The van der Waals surface area contributed by atoms with Gasteiger partial charge in [0.05, 0.1) is 0 Å². The second-order valence-electron chi connectivity index (χ2n) is 4.75.